The molecule has 156 valence electrons. The van der Waals surface area contributed by atoms with Crippen molar-refractivity contribution in [1.29, 1.82) is 5.26 Å². The molecule has 1 saturated heterocycles. The minimum absolute atomic E-state index is 0.0159. The predicted molar refractivity (Wildman–Crippen MR) is 114 cm³/mol. The average Bonchev–Trinajstić information content (AvgIpc) is 2.72. The molecule has 1 aromatic heterocycles. The van der Waals surface area contributed by atoms with E-state index in [1.807, 2.05) is 24.8 Å². The van der Waals surface area contributed by atoms with E-state index in [0.717, 1.165) is 30.8 Å². The number of carboxylic acids is 1. The van der Waals surface area contributed by atoms with E-state index in [-0.39, 0.29) is 11.5 Å². The molecule has 2 aromatic rings. The van der Waals surface area contributed by atoms with Gasteiger partial charge in [-0.2, -0.15) is 5.26 Å². The van der Waals surface area contributed by atoms with Crippen LogP contribution in [-0.4, -0.2) is 59.6 Å². The Labute approximate surface area is 175 Å². The third kappa shape index (κ3) is 5.13. The molecule has 1 aromatic carbocycles. The highest BCUT2D eigenvalue weighted by Gasteiger charge is 2.22. The Kier molecular flexibility index (Phi) is 6.65. The normalized spacial score (nSPS) is 14.2. The van der Waals surface area contributed by atoms with E-state index < -0.39 is 5.97 Å². The summed E-state index contributed by atoms with van der Waals surface area (Å²) in [6, 6.07) is 9.19. The highest BCUT2D eigenvalue weighted by atomic mass is 16.4. The van der Waals surface area contributed by atoms with Crippen molar-refractivity contribution in [2.75, 3.05) is 42.9 Å². The van der Waals surface area contributed by atoms with Gasteiger partial charge in [0.05, 0.1) is 17.3 Å². The SMILES string of the molecule is Cc1cc(C)cc(C(=O)Nc2cc(C(=O)O)cnc2N2CCN(CCC#N)CC2)c1. The average molecular weight is 407 g/mol. The van der Waals surface area contributed by atoms with Gasteiger partial charge in [0.2, 0.25) is 0 Å². The maximum atomic E-state index is 12.9. The summed E-state index contributed by atoms with van der Waals surface area (Å²) < 4.78 is 0. The molecule has 1 aliphatic rings. The quantitative estimate of drug-likeness (QED) is 0.757. The number of nitrogens with one attached hydrogen (secondary N) is 1. The summed E-state index contributed by atoms with van der Waals surface area (Å²) in [5.41, 5.74) is 2.87. The van der Waals surface area contributed by atoms with E-state index in [2.05, 4.69) is 21.3 Å². The van der Waals surface area contributed by atoms with Crippen LogP contribution in [0.3, 0.4) is 0 Å². The summed E-state index contributed by atoms with van der Waals surface area (Å²) >= 11 is 0. The zero-order valence-electron chi connectivity index (χ0n) is 17.2. The minimum Gasteiger partial charge on any atom is -0.478 e. The number of aromatic nitrogens is 1. The van der Waals surface area contributed by atoms with Crippen LogP contribution in [0.15, 0.2) is 30.5 Å². The van der Waals surface area contributed by atoms with Crippen LogP contribution in [0.2, 0.25) is 0 Å². The zero-order valence-corrected chi connectivity index (χ0v) is 17.2. The number of anilines is 2. The maximum Gasteiger partial charge on any atom is 0.337 e. The fourth-order valence-corrected chi connectivity index (χ4v) is 3.61. The van der Waals surface area contributed by atoms with Crippen LogP contribution in [0.25, 0.3) is 0 Å². The fourth-order valence-electron chi connectivity index (χ4n) is 3.61. The van der Waals surface area contributed by atoms with Crippen molar-refractivity contribution in [3.63, 3.8) is 0 Å². The van der Waals surface area contributed by atoms with Gasteiger partial charge in [-0.25, -0.2) is 9.78 Å². The number of benzene rings is 1. The Bertz CT molecular complexity index is 971. The van der Waals surface area contributed by atoms with Crippen molar-refractivity contribution < 1.29 is 14.7 Å². The number of aryl methyl sites for hydroxylation is 2. The summed E-state index contributed by atoms with van der Waals surface area (Å²) in [5, 5.41) is 21.0. The van der Waals surface area contributed by atoms with Gasteiger partial charge in [-0.3, -0.25) is 9.69 Å². The van der Waals surface area contributed by atoms with Crippen LogP contribution in [-0.2, 0) is 0 Å². The number of piperazine rings is 1. The first-order valence-electron chi connectivity index (χ1n) is 9.84. The van der Waals surface area contributed by atoms with E-state index in [0.29, 0.717) is 36.6 Å². The Balaban J connectivity index is 1.83. The van der Waals surface area contributed by atoms with Crippen molar-refractivity contribution in [3.8, 4) is 6.07 Å². The lowest BCUT2D eigenvalue weighted by Gasteiger charge is -2.35. The van der Waals surface area contributed by atoms with Crippen LogP contribution in [0.1, 0.15) is 38.3 Å². The molecule has 1 aliphatic heterocycles. The molecule has 2 N–H and O–H groups in total. The standard InChI is InChI=1S/C22H25N5O3/c1-15-10-16(2)12-17(11-15)21(28)25-19-13-18(22(29)30)14-24-20(19)27-8-6-26(7-9-27)5-3-4-23/h10-14H,3,5-9H2,1-2H3,(H,25,28)(H,29,30). The molecule has 0 radical (unpaired) electrons. The largest absolute Gasteiger partial charge is 0.478 e. The van der Waals surface area contributed by atoms with Crippen molar-refractivity contribution in [3.05, 3.63) is 52.7 Å². The van der Waals surface area contributed by atoms with Gasteiger partial charge in [-0.05, 0) is 32.0 Å². The molecule has 30 heavy (non-hydrogen) atoms. The summed E-state index contributed by atoms with van der Waals surface area (Å²) in [7, 11) is 0. The molecule has 1 amide bonds. The number of carboxylic acid groups (broad SMARTS) is 1. The van der Waals surface area contributed by atoms with Crippen molar-refractivity contribution >= 4 is 23.4 Å². The molecule has 8 nitrogen and oxygen atoms in total. The van der Waals surface area contributed by atoms with Crippen molar-refractivity contribution in [2.24, 2.45) is 0 Å². The Hall–Kier alpha value is -3.44. The topological polar surface area (TPSA) is 110 Å². The number of hydrogen-bond acceptors (Lipinski definition) is 6. The lowest BCUT2D eigenvalue weighted by Crippen LogP contribution is -2.47. The van der Waals surface area contributed by atoms with E-state index in [4.69, 9.17) is 5.26 Å². The molecule has 0 aliphatic carbocycles. The lowest BCUT2D eigenvalue weighted by atomic mass is 10.1. The monoisotopic (exact) mass is 407 g/mol. The van der Waals surface area contributed by atoms with Gasteiger partial charge in [0, 0.05) is 50.9 Å². The molecule has 0 spiro atoms. The molecule has 8 heteroatoms. The number of aromatic carboxylic acids is 1. The highest BCUT2D eigenvalue weighted by molar-refractivity contribution is 6.06. The van der Waals surface area contributed by atoms with Gasteiger partial charge >= 0.3 is 5.97 Å². The second-order valence-corrected chi connectivity index (χ2v) is 7.47. The number of hydrogen-bond donors (Lipinski definition) is 2. The van der Waals surface area contributed by atoms with Crippen LogP contribution in [0, 0.1) is 25.2 Å². The summed E-state index contributed by atoms with van der Waals surface area (Å²) in [4.78, 5) is 32.9. The molecule has 0 atom stereocenters. The Morgan fingerprint density at radius 2 is 1.77 bits per heavy atom. The number of pyridine rings is 1. The number of nitrogens with zero attached hydrogens (tertiary/aromatic N) is 4. The molecular formula is C22H25N5O3. The molecular weight excluding hydrogens is 382 g/mol. The first-order valence-corrected chi connectivity index (χ1v) is 9.84. The molecule has 2 heterocycles. The van der Waals surface area contributed by atoms with Gasteiger partial charge < -0.3 is 15.3 Å². The van der Waals surface area contributed by atoms with E-state index in [9.17, 15) is 14.7 Å². The van der Waals surface area contributed by atoms with Gasteiger partial charge in [0.15, 0.2) is 5.82 Å². The minimum atomic E-state index is -1.10. The number of nitriles is 1. The van der Waals surface area contributed by atoms with Crippen molar-refractivity contribution in [2.45, 2.75) is 20.3 Å². The molecule has 1 fully saturated rings. The number of carbonyl (C=O) groups is 2. The molecule has 0 bridgehead atoms. The fraction of sp³-hybridized carbons (Fsp3) is 0.364. The van der Waals surface area contributed by atoms with Crippen LogP contribution in [0.4, 0.5) is 11.5 Å². The summed E-state index contributed by atoms with van der Waals surface area (Å²) in [5.74, 6) is -0.852. The molecule has 3 rings (SSSR count). The molecule has 0 unspecified atom stereocenters. The van der Waals surface area contributed by atoms with E-state index >= 15 is 0 Å². The Morgan fingerprint density at radius 1 is 1.10 bits per heavy atom. The number of rotatable bonds is 6. The van der Waals surface area contributed by atoms with Gasteiger partial charge in [0.1, 0.15) is 0 Å². The predicted octanol–water partition coefficient (Wildman–Crippen LogP) is 2.68. The number of carbonyl (C=O) groups excluding carboxylic acids is 1. The summed E-state index contributed by atoms with van der Waals surface area (Å²) in [6.45, 7) is 7.48. The first-order chi connectivity index (χ1) is 14.4. The smallest absolute Gasteiger partial charge is 0.337 e. The van der Waals surface area contributed by atoms with Crippen LogP contribution in [0.5, 0.6) is 0 Å². The highest BCUT2D eigenvalue weighted by Crippen LogP contribution is 2.26. The maximum absolute atomic E-state index is 12.9. The van der Waals surface area contributed by atoms with Crippen molar-refractivity contribution in [1.82, 2.24) is 9.88 Å². The lowest BCUT2D eigenvalue weighted by molar-refractivity contribution is 0.0696. The second kappa shape index (κ2) is 9.37. The third-order valence-electron chi connectivity index (χ3n) is 5.06. The third-order valence-corrected chi connectivity index (χ3v) is 5.06. The van der Waals surface area contributed by atoms with Gasteiger partial charge in [-0.1, -0.05) is 17.2 Å². The van der Waals surface area contributed by atoms with Gasteiger partial charge in [-0.15, -0.1) is 0 Å². The van der Waals surface area contributed by atoms with Gasteiger partial charge in [0.25, 0.3) is 5.91 Å². The van der Waals surface area contributed by atoms with E-state index in [1.165, 1.54) is 12.3 Å². The zero-order chi connectivity index (χ0) is 21.7. The second-order valence-electron chi connectivity index (χ2n) is 7.47. The molecule has 0 saturated carbocycles. The number of amides is 1. The summed E-state index contributed by atoms with van der Waals surface area (Å²) in [6.07, 6.45) is 1.80. The van der Waals surface area contributed by atoms with Crippen LogP contribution >= 0.6 is 0 Å². The Morgan fingerprint density at radius 3 is 2.37 bits per heavy atom. The van der Waals surface area contributed by atoms with Crippen LogP contribution < -0.4 is 10.2 Å². The van der Waals surface area contributed by atoms with E-state index in [1.54, 1.807) is 12.1 Å². The first kappa shape index (κ1) is 21.3.